The van der Waals surface area contributed by atoms with E-state index in [0.29, 0.717) is 54.9 Å². The summed E-state index contributed by atoms with van der Waals surface area (Å²) in [5.74, 6) is 2.31. The second-order valence-corrected chi connectivity index (χ2v) is 10.8. The van der Waals surface area contributed by atoms with Crippen molar-refractivity contribution in [2.24, 2.45) is 4.99 Å². The number of para-hydroxylation sites is 3. The Kier molecular flexibility index (Phi) is 9.89. The van der Waals surface area contributed by atoms with Crippen molar-refractivity contribution in [1.29, 1.82) is 0 Å². The number of hydrogen-bond donors (Lipinski definition) is 0. The summed E-state index contributed by atoms with van der Waals surface area (Å²) in [4.78, 5) is 32.4. The molecule has 4 aromatic rings. The predicted octanol–water partition coefficient (Wildman–Crippen LogP) is 4.28. The largest absolute Gasteiger partial charge is 0.493 e. The summed E-state index contributed by atoms with van der Waals surface area (Å²) in [6.07, 6.45) is 1.77. The third kappa shape index (κ3) is 6.58. The molecule has 1 atom stereocenters. The Morgan fingerprint density at radius 3 is 2.18 bits per heavy atom. The molecule has 0 bridgehead atoms. The van der Waals surface area contributed by atoms with Gasteiger partial charge in [0.25, 0.3) is 5.56 Å². The van der Waals surface area contributed by atoms with Gasteiger partial charge in [-0.3, -0.25) is 9.36 Å². The Morgan fingerprint density at radius 2 is 1.49 bits per heavy atom. The zero-order valence-corrected chi connectivity index (χ0v) is 26.5. The molecule has 45 heavy (non-hydrogen) atoms. The summed E-state index contributed by atoms with van der Waals surface area (Å²) >= 11 is 1.23. The van der Waals surface area contributed by atoms with Gasteiger partial charge in [-0.15, -0.1) is 0 Å². The molecule has 234 valence electrons. The van der Waals surface area contributed by atoms with E-state index in [0.717, 1.165) is 0 Å². The number of allylic oxidation sites excluding steroid dienone is 1. The van der Waals surface area contributed by atoms with Crippen molar-refractivity contribution in [3.63, 3.8) is 0 Å². The summed E-state index contributed by atoms with van der Waals surface area (Å²) in [5, 5.41) is 0. The van der Waals surface area contributed by atoms with Gasteiger partial charge in [0.2, 0.25) is 0 Å². The molecule has 0 aliphatic carbocycles. The summed E-state index contributed by atoms with van der Waals surface area (Å²) in [5.41, 5.74) is 1.81. The minimum Gasteiger partial charge on any atom is -0.493 e. The number of hydrogen-bond acceptors (Lipinski definition) is 10. The van der Waals surface area contributed by atoms with Crippen LogP contribution in [0.3, 0.4) is 0 Å². The Morgan fingerprint density at radius 1 is 0.867 bits per heavy atom. The number of thiazole rings is 1. The number of aromatic nitrogens is 1. The van der Waals surface area contributed by atoms with Crippen molar-refractivity contribution in [1.82, 2.24) is 4.57 Å². The van der Waals surface area contributed by atoms with Gasteiger partial charge in [-0.1, -0.05) is 47.7 Å². The van der Waals surface area contributed by atoms with Crippen LogP contribution in [0.25, 0.3) is 6.08 Å². The van der Waals surface area contributed by atoms with Gasteiger partial charge < -0.3 is 28.4 Å². The number of nitrogens with zero attached hydrogens (tertiary/aromatic N) is 2. The first-order valence-electron chi connectivity index (χ1n) is 14.3. The molecule has 0 spiro atoms. The molecule has 3 aromatic carbocycles. The molecule has 5 rings (SSSR count). The van der Waals surface area contributed by atoms with Crippen LogP contribution in [-0.4, -0.2) is 51.7 Å². The van der Waals surface area contributed by atoms with Crippen LogP contribution in [-0.2, 0) is 9.53 Å². The number of benzene rings is 3. The summed E-state index contributed by atoms with van der Waals surface area (Å²) in [7, 11) is 4.67. The van der Waals surface area contributed by atoms with Crippen LogP contribution in [0.4, 0.5) is 0 Å². The topological polar surface area (TPSA) is 107 Å². The first kappa shape index (κ1) is 31.4. The van der Waals surface area contributed by atoms with Crippen molar-refractivity contribution in [2.75, 3.05) is 41.2 Å². The van der Waals surface area contributed by atoms with Crippen LogP contribution < -0.4 is 38.6 Å². The highest BCUT2D eigenvalue weighted by Gasteiger charge is 2.34. The third-order valence-corrected chi connectivity index (χ3v) is 8.10. The summed E-state index contributed by atoms with van der Waals surface area (Å²) in [6.45, 7) is 4.22. The fourth-order valence-electron chi connectivity index (χ4n) is 5.04. The van der Waals surface area contributed by atoms with E-state index in [1.54, 1.807) is 52.3 Å². The van der Waals surface area contributed by atoms with Crippen molar-refractivity contribution in [2.45, 2.75) is 19.9 Å². The van der Waals surface area contributed by atoms with E-state index in [-0.39, 0.29) is 31.0 Å². The lowest BCUT2D eigenvalue weighted by molar-refractivity contribution is -0.139. The molecule has 0 saturated carbocycles. The molecule has 1 aliphatic rings. The Balaban J connectivity index is 1.51. The van der Waals surface area contributed by atoms with E-state index in [1.807, 2.05) is 48.5 Å². The fourth-order valence-corrected chi connectivity index (χ4v) is 6.08. The van der Waals surface area contributed by atoms with Gasteiger partial charge in [0.15, 0.2) is 27.8 Å². The zero-order chi connectivity index (χ0) is 31.9. The van der Waals surface area contributed by atoms with Gasteiger partial charge in [-0.2, -0.15) is 0 Å². The maximum atomic E-state index is 14.1. The Bertz CT molecular complexity index is 1910. The normalized spacial score (nSPS) is 14.3. The lowest BCUT2D eigenvalue weighted by atomic mass is 9.95. The second-order valence-electron chi connectivity index (χ2n) is 9.80. The molecule has 0 saturated heterocycles. The van der Waals surface area contributed by atoms with Crippen LogP contribution in [0.5, 0.6) is 28.7 Å². The highest BCUT2D eigenvalue weighted by Crippen LogP contribution is 2.36. The van der Waals surface area contributed by atoms with E-state index in [9.17, 15) is 9.59 Å². The highest BCUT2D eigenvalue weighted by atomic mass is 32.1. The van der Waals surface area contributed by atoms with E-state index in [4.69, 9.17) is 28.4 Å². The molecular weight excluding hydrogens is 596 g/mol. The number of carbonyl (C=O) groups is 1. The van der Waals surface area contributed by atoms with Crippen molar-refractivity contribution >= 4 is 23.4 Å². The minimum atomic E-state index is -0.791. The van der Waals surface area contributed by atoms with Crippen LogP contribution in [0.15, 0.2) is 87.8 Å². The summed E-state index contributed by atoms with van der Waals surface area (Å²) in [6, 6.07) is 19.4. The molecule has 0 unspecified atom stereocenters. The predicted molar refractivity (Wildman–Crippen MR) is 170 cm³/mol. The van der Waals surface area contributed by atoms with E-state index >= 15 is 0 Å². The van der Waals surface area contributed by atoms with E-state index in [1.165, 1.54) is 23.0 Å². The minimum absolute atomic E-state index is 0.180. The molecule has 2 heterocycles. The van der Waals surface area contributed by atoms with Crippen molar-refractivity contribution < 1.29 is 33.2 Å². The Hall–Kier alpha value is -5.03. The Labute approximate surface area is 264 Å². The highest BCUT2D eigenvalue weighted by molar-refractivity contribution is 7.07. The smallest absolute Gasteiger partial charge is 0.338 e. The fraction of sp³-hybridized carbons (Fsp3) is 0.265. The average Bonchev–Trinajstić information content (AvgIpc) is 3.36. The summed E-state index contributed by atoms with van der Waals surface area (Å²) < 4.78 is 35.5. The van der Waals surface area contributed by atoms with Crippen LogP contribution in [0.2, 0.25) is 0 Å². The number of fused-ring (bicyclic) bond motifs is 1. The third-order valence-electron chi connectivity index (χ3n) is 7.11. The molecular formula is C34H34N2O8S. The van der Waals surface area contributed by atoms with Crippen molar-refractivity contribution in [3.8, 4) is 28.7 Å². The van der Waals surface area contributed by atoms with Crippen LogP contribution >= 0.6 is 11.3 Å². The van der Waals surface area contributed by atoms with Crippen molar-refractivity contribution in [3.05, 3.63) is 109 Å². The SMILES string of the molecule is CCOC(=O)C1=C(C)N=c2s/c(=C\c3ccccc3OCCOc3ccccc3OC)c(=O)n2[C@H]1c1ccc(OC)c(OC)c1. The number of rotatable bonds is 12. The molecule has 0 fully saturated rings. The van der Waals surface area contributed by atoms with Gasteiger partial charge in [0, 0.05) is 5.56 Å². The monoisotopic (exact) mass is 630 g/mol. The van der Waals surface area contributed by atoms with Gasteiger partial charge in [0.05, 0.1) is 49.8 Å². The number of esters is 1. The molecule has 0 amide bonds. The van der Waals surface area contributed by atoms with Crippen LogP contribution in [0, 0.1) is 0 Å². The molecule has 1 aliphatic heterocycles. The molecule has 1 aromatic heterocycles. The second kappa shape index (κ2) is 14.2. The molecule has 0 radical (unpaired) electrons. The lowest BCUT2D eigenvalue weighted by Crippen LogP contribution is -2.40. The molecule has 11 heteroatoms. The average molecular weight is 631 g/mol. The first-order chi connectivity index (χ1) is 21.9. The van der Waals surface area contributed by atoms with E-state index < -0.39 is 12.0 Å². The van der Waals surface area contributed by atoms with E-state index in [2.05, 4.69) is 4.99 Å². The van der Waals surface area contributed by atoms with Gasteiger partial charge in [0.1, 0.15) is 19.0 Å². The molecule has 10 nitrogen and oxygen atoms in total. The maximum Gasteiger partial charge on any atom is 0.338 e. The maximum absolute atomic E-state index is 14.1. The molecule has 0 N–H and O–H groups in total. The van der Waals surface area contributed by atoms with Gasteiger partial charge >= 0.3 is 5.97 Å². The number of methoxy groups -OCH3 is 3. The quantitative estimate of drug-likeness (QED) is 0.169. The van der Waals surface area contributed by atoms with Gasteiger partial charge in [-0.05, 0) is 55.8 Å². The first-order valence-corrected chi connectivity index (χ1v) is 15.1. The van der Waals surface area contributed by atoms with Crippen LogP contribution in [0.1, 0.15) is 31.0 Å². The lowest BCUT2D eigenvalue weighted by Gasteiger charge is -2.25. The zero-order valence-electron chi connectivity index (χ0n) is 25.7. The number of carbonyl (C=O) groups excluding carboxylic acids is 1. The number of ether oxygens (including phenoxy) is 6. The standard InChI is InChI=1S/C34H34N2O8S/c1-6-42-33(38)30-21(2)35-34-36(31(30)23-15-16-26(40-4)28(19-23)41-5)32(37)29(45-34)20-22-11-7-8-12-24(22)43-17-18-44-27-14-10-9-13-25(27)39-3/h7-16,19-20,31H,6,17-18H2,1-5H3/b29-20-/t31-/m0/s1. The van der Waals surface area contributed by atoms with Gasteiger partial charge in [-0.25, -0.2) is 9.79 Å².